The van der Waals surface area contributed by atoms with Gasteiger partial charge in [-0.15, -0.1) is 0 Å². The van der Waals surface area contributed by atoms with E-state index in [2.05, 4.69) is 5.32 Å². The molecule has 4 saturated carbocycles. The Labute approximate surface area is 166 Å². The standard InChI is InChI=1S/C23H30N2O3/c26-20-17-9-15-10-18(20)13-23(11-15,12-17)22(28)24-19-7-4-8-25(14-19)21(27)16-5-2-1-3-6-16/h1-3,5-6,15,17-20,26H,4,7-14H2,(H,24,28). The Hall–Kier alpha value is -1.88. The van der Waals surface area contributed by atoms with Gasteiger partial charge in [0.1, 0.15) is 0 Å². The molecule has 6 rings (SSSR count). The molecule has 5 heteroatoms. The van der Waals surface area contributed by atoms with Crippen LogP contribution >= 0.6 is 0 Å². The molecule has 1 heterocycles. The first-order valence-corrected chi connectivity index (χ1v) is 10.9. The molecule has 3 atom stereocenters. The normalized spacial score (nSPS) is 39.0. The molecule has 2 amide bonds. The lowest BCUT2D eigenvalue weighted by Gasteiger charge is -2.58. The van der Waals surface area contributed by atoms with Crippen molar-refractivity contribution in [2.24, 2.45) is 23.2 Å². The lowest BCUT2D eigenvalue weighted by atomic mass is 9.48. The number of rotatable bonds is 3. The maximum atomic E-state index is 13.3. The topological polar surface area (TPSA) is 69.6 Å². The summed E-state index contributed by atoms with van der Waals surface area (Å²) in [6.45, 7) is 1.35. The Kier molecular flexibility index (Phi) is 4.46. The second kappa shape index (κ2) is 6.87. The van der Waals surface area contributed by atoms with Gasteiger partial charge < -0.3 is 15.3 Å². The Morgan fingerprint density at radius 3 is 2.50 bits per heavy atom. The Morgan fingerprint density at radius 1 is 1.07 bits per heavy atom. The number of benzene rings is 1. The summed E-state index contributed by atoms with van der Waals surface area (Å²) in [7, 11) is 0. The molecule has 1 aromatic rings. The highest BCUT2D eigenvalue weighted by Crippen LogP contribution is 2.60. The van der Waals surface area contributed by atoms with Crippen LogP contribution in [0.5, 0.6) is 0 Å². The molecule has 3 unspecified atom stereocenters. The number of hydrogen-bond donors (Lipinski definition) is 2. The van der Waals surface area contributed by atoms with Gasteiger partial charge in [-0.1, -0.05) is 18.2 Å². The minimum atomic E-state index is -0.276. The third-order valence-electron chi connectivity index (χ3n) is 7.77. The largest absolute Gasteiger partial charge is 0.393 e. The summed E-state index contributed by atoms with van der Waals surface area (Å²) in [4.78, 5) is 28.0. The maximum absolute atomic E-state index is 13.3. The zero-order valence-corrected chi connectivity index (χ0v) is 16.3. The second-order valence-corrected chi connectivity index (χ2v) is 9.67. The smallest absolute Gasteiger partial charge is 0.253 e. The fourth-order valence-corrected chi connectivity index (χ4v) is 6.66. The van der Waals surface area contributed by atoms with Gasteiger partial charge in [-0.2, -0.15) is 0 Å². The number of piperidine rings is 1. The average Bonchev–Trinajstić information content (AvgIpc) is 2.71. The van der Waals surface area contributed by atoms with E-state index in [4.69, 9.17) is 0 Å². The van der Waals surface area contributed by atoms with Crippen LogP contribution in [-0.2, 0) is 4.79 Å². The minimum Gasteiger partial charge on any atom is -0.393 e. The summed E-state index contributed by atoms with van der Waals surface area (Å²) in [6, 6.07) is 9.43. The van der Waals surface area contributed by atoms with Crippen LogP contribution in [0.15, 0.2) is 30.3 Å². The van der Waals surface area contributed by atoms with Crippen LogP contribution in [0.4, 0.5) is 0 Å². The van der Waals surface area contributed by atoms with Gasteiger partial charge in [0.15, 0.2) is 0 Å². The van der Waals surface area contributed by atoms with Gasteiger partial charge in [0.25, 0.3) is 5.91 Å². The summed E-state index contributed by atoms with van der Waals surface area (Å²) in [5, 5.41) is 13.8. The minimum absolute atomic E-state index is 0.0341. The SMILES string of the molecule is O=C(c1ccccc1)N1CCCC(NC(=O)C23CC4CC(C2)C(O)C(C4)C3)C1. The molecule has 5 nitrogen and oxygen atoms in total. The Morgan fingerprint density at radius 2 is 1.79 bits per heavy atom. The fraction of sp³-hybridized carbons (Fsp3) is 0.652. The molecule has 5 fully saturated rings. The van der Waals surface area contributed by atoms with Gasteiger partial charge in [-0.3, -0.25) is 9.59 Å². The maximum Gasteiger partial charge on any atom is 0.253 e. The molecule has 4 aliphatic carbocycles. The summed E-state index contributed by atoms with van der Waals surface area (Å²) >= 11 is 0. The zero-order valence-electron chi connectivity index (χ0n) is 16.3. The average molecular weight is 383 g/mol. The number of aliphatic hydroxyl groups excluding tert-OH is 1. The van der Waals surface area contributed by atoms with Crippen molar-refractivity contribution in [2.45, 2.75) is 57.1 Å². The van der Waals surface area contributed by atoms with E-state index in [0.29, 0.717) is 29.9 Å². The lowest BCUT2D eigenvalue weighted by molar-refractivity contribution is -0.163. The van der Waals surface area contributed by atoms with E-state index in [0.717, 1.165) is 51.5 Å². The fourth-order valence-electron chi connectivity index (χ4n) is 6.66. The molecule has 150 valence electrons. The number of nitrogens with zero attached hydrogens (tertiary/aromatic N) is 1. The zero-order chi connectivity index (χ0) is 19.3. The molecular formula is C23H30N2O3. The summed E-state index contributed by atoms with van der Waals surface area (Å²) in [5.74, 6) is 1.45. The number of nitrogens with one attached hydrogen (secondary N) is 1. The number of likely N-dealkylation sites (tertiary alicyclic amines) is 1. The molecular weight excluding hydrogens is 352 g/mol. The van der Waals surface area contributed by atoms with Gasteiger partial charge in [-0.05, 0) is 74.8 Å². The summed E-state index contributed by atoms with van der Waals surface area (Å²) < 4.78 is 0. The summed E-state index contributed by atoms with van der Waals surface area (Å²) in [6.07, 6.45) is 6.50. The highest BCUT2D eigenvalue weighted by molar-refractivity contribution is 5.94. The molecule has 1 aliphatic heterocycles. The highest BCUT2D eigenvalue weighted by atomic mass is 16.3. The Bertz CT molecular complexity index is 748. The van der Waals surface area contributed by atoms with E-state index in [1.54, 1.807) is 0 Å². The first-order chi connectivity index (χ1) is 13.5. The third kappa shape index (κ3) is 3.04. The van der Waals surface area contributed by atoms with Crippen molar-refractivity contribution >= 4 is 11.8 Å². The van der Waals surface area contributed by atoms with Gasteiger partial charge >= 0.3 is 0 Å². The first-order valence-electron chi connectivity index (χ1n) is 10.9. The van der Waals surface area contributed by atoms with Crippen LogP contribution < -0.4 is 5.32 Å². The van der Waals surface area contributed by atoms with Gasteiger partial charge in [0.05, 0.1) is 11.5 Å². The van der Waals surface area contributed by atoms with Crippen LogP contribution in [0.2, 0.25) is 0 Å². The predicted molar refractivity (Wildman–Crippen MR) is 106 cm³/mol. The monoisotopic (exact) mass is 382 g/mol. The molecule has 5 aliphatic rings. The van der Waals surface area contributed by atoms with E-state index in [1.165, 1.54) is 0 Å². The highest BCUT2D eigenvalue weighted by Gasteiger charge is 2.58. The number of aliphatic hydroxyl groups is 1. The number of hydrogen-bond acceptors (Lipinski definition) is 3. The molecule has 0 radical (unpaired) electrons. The third-order valence-corrected chi connectivity index (χ3v) is 7.77. The van der Waals surface area contributed by atoms with Crippen molar-refractivity contribution in [1.29, 1.82) is 0 Å². The molecule has 1 saturated heterocycles. The Balaban J connectivity index is 1.25. The molecule has 28 heavy (non-hydrogen) atoms. The van der Waals surface area contributed by atoms with Crippen molar-refractivity contribution in [2.75, 3.05) is 13.1 Å². The van der Waals surface area contributed by atoms with Crippen LogP contribution in [0.25, 0.3) is 0 Å². The second-order valence-electron chi connectivity index (χ2n) is 9.67. The van der Waals surface area contributed by atoms with E-state index in [9.17, 15) is 14.7 Å². The van der Waals surface area contributed by atoms with Crippen molar-refractivity contribution in [3.05, 3.63) is 35.9 Å². The molecule has 0 spiro atoms. The van der Waals surface area contributed by atoms with Gasteiger partial charge in [0, 0.05) is 24.7 Å². The van der Waals surface area contributed by atoms with Crippen LogP contribution in [0.3, 0.4) is 0 Å². The van der Waals surface area contributed by atoms with Crippen molar-refractivity contribution in [1.82, 2.24) is 10.2 Å². The number of amides is 2. The lowest BCUT2D eigenvalue weighted by Crippen LogP contribution is -2.60. The molecule has 1 aromatic carbocycles. The van der Waals surface area contributed by atoms with Gasteiger partial charge in [-0.25, -0.2) is 0 Å². The van der Waals surface area contributed by atoms with Crippen LogP contribution in [0, 0.1) is 23.2 Å². The van der Waals surface area contributed by atoms with E-state index < -0.39 is 0 Å². The van der Waals surface area contributed by atoms with E-state index in [-0.39, 0.29) is 29.4 Å². The van der Waals surface area contributed by atoms with E-state index in [1.807, 2.05) is 35.2 Å². The summed E-state index contributed by atoms with van der Waals surface area (Å²) in [5.41, 5.74) is 0.436. The predicted octanol–water partition coefficient (Wildman–Crippen LogP) is 2.59. The van der Waals surface area contributed by atoms with E-state index >= 15 is 0 Å². The van der Waals surface area contributed by atoms with Crippen molar-refractivity contribution in [3.8, 4) is 0 Å². The molecule has 0 aromatic heterocycles. The first kappa shape index (κ1) is 18.2. The van der Waals surface area contributed by atoms with Crippen molar-refractivity contribution in [3.63, 3.8) is 0 Å². The van der Waals surface area contributed by atoms with Crippen LogP contribution in [-0.4, -0.2) is 47.1 Å². The molecule has 2 N–H and O–H groups in total. The van der Waals surface area contributed by atoms with Crippen molar-refractivity contribution < 1.29 is 14.7 Å². The molecule has 4 bridgehead atoms. The van der Waals surface area contributed by atoms with Gasteiger partial charge in [0.2, 0.25) is 5.91 Å². The van der Waals surface area contributed by atoms with Crippen LogP contribution in [0.1, 0.15) is 55.3 Å². The number of carbonyl (C=O) groups excluding carboxylic acids is 2. The quantitative estimate of drug-likeness (QED) is 0.844. The number of carbonyl (C=O) groups is 2.